The molecule has 2 atom stereocenters. The van der Waals surface area contributed by atoms with Crippen molar-refractivity contribution in [2.24, 2.45) is 5.41 Å². The number of nitrogens with one attached hydrogen (secondary N) is 1. The van der Waals surface area contributed by atoms with Gasteiger partial charge in [-0.05, 0) is 57.5 Å². The van der Waals surface area contributed by atoms with E-state index in [0.29, 0.717) is 11.3 Å². The number of benzene rings is 2. The number of anilines is 2. The van der Waals surface area contributed by atoms with E-state index >= 15 is 0 Å². The van der Waals surface area contributed by atoms with Gasteiger partial charge in [0.25, 0.3) is 5.91 Å². The number of thiocarbonyl (C=S) groups is 1. The maximum atomic E-state index is 14.9. The predicted molar refractivity (Wildman–Crippen MR) is 147 cm³/mol. The lowest BCUT2D eigenvalue weighted by atomic mass is 9.54. The molecule has 2 spiro atoms. The zero-order valence-electron chi connectivity index (χ0n) is 21.7. The number of carbonyl (C=O) groups excluding carboxylic acids is 3. The Labute approximate surface area is 235 Å². The first kappa shape index (κ1) is 26.6. The predicted octanol–water partition coefficient (Wildman–Crippen LogP) is 3.49. The molecule has 0 bridgehead atoms. The second-order valence-corrected chi connectivity index (χ2v) is 11.5. The SMILES string of the molecule is CCN1C(=O)[C@]2(NC(=S)C(C#N)(C#N)[C@]23C(=O)N(CC(=O)OC(C)(C)C)c2ccc(Cl)cc23)c2ccccc21. The highest BCUT2D eigenvalue weighted by atomic mass is 35.5. The first-order valence-corrected chi connectivity index (χ1v) is 13.1. The first-order valence-electron chi connectivity index (χ1n) is 12.3. The molecule has 39 heavy (non-hydrogen) atoms. The maximum Gasteiger partial charge on any atom is 0.326 e. The van der Waals surface area contributed by atoms with E-state index in [1.807, 2.05) is 12.1 Å². The first-order chi connectivity index (χ1) is 18.4. The molecule has 198 valence electrons. The summed E-state index contributed by atoms with van der Waals surface area (Å²) < 4.78 is 5.49. The largest absolute Gasteiger partial charge is 0.459 e. The summed E-state index contributed by atoms with van der Waals surface area (Å²) in [6.45, 7) is 6.62. The molecule has 1 saturated heterocycles. The van der Waals surface area contributed by atoms with Crippen molar-refractivity contribution in [2.75, 3.05) is 22.9 Å². The van der Waals surface area contributed by atoms with Gasteiger partial charge in [0.15, 0.2) is 11.0 Å². The van der Waals surface area contributed by atoms with Gasteiger partial charge in [-0.2, -0.15) is 10.5 Å². The number of hydrogen-bond donors (Lipinski definition) is 1. The molecule has 2 aromatic rings. The number of fused-ring (bicyclic) bond motifs is 5. The number of carbonyl (C=O) groups is 3. The van der Waals surface area contributed by atoms with Gasteiger partial charge in [0.05, 0.1) is 12.1 Å². The van der Waals surface area contributed by atoms with Crippen LogP contribution in [-0.4, -0.2) is 41.5 Å². The third-order valence-electron chi connectivity index (χ3n) is 7.51. The quantitative estimate of drug-likeness (QED) is 0.446. The van der Waals surface area contributed by atoms with E-state index in [2.05, 4.69) is 5.32 Å². The number of para-hydroxylation sites is 1. The van der Waals surface area contributed by atoms with Crippen LogP contribution >= 0.6 is 23.8 Å². The average molecular weight is 562 g/mol. The van der Waals surface area contributed by atoms with Crippen molar-refractivity contribution >= 4 is 58.0 Å². The van der Waals surface area contributed by atoms with Gasteiger partial charge in [-0.15, -0.1) is 0 Å². The minimum Gasteiger partial charge on any atom is -0.459 e. The van der Waals surface area contributed by atoms with Crippen molar-refractivity contribution in [3.63, 3.8) is 0 Å². The molecule has 0 aliphatic carbocycles. The van der Waals surface area contributed by atoms with Crippen LogP contribution in [0.5, 0.6) is 0 Å². The minimum atomic E-state index is -2.31. The number of ether oxygens (including phenoxy) is 1. The fourth-order valence-electron chi connectivity index (χ4n) is 6.21. The number of nitrogens with zero attached hydrogens (tertiary/aromatic N) is 4. The molecular weight excluding hydrogens is 538 g/mol. The molecule has 2 aromatic carbocycles. The Morgan fingerprint density at radius 1 is 1.05 bits per heavy atom. The number of hydrogen-bond acceptors (Lipinski definition) is 7. The van der Waals surface area contributed by atoms with Crippen molar-refractivity contribution in [3.05, 3.63) is 58.6 Å². The van der Waals surface area contributed by atoms with Crippen molar-refractivity contribution < 1.29 is 19.1 Å². The Morgan fingerprint density at radius 3 is 2.31 bits per heavy atom. The van der Waals surface area contributed by atoms with Crippen molar-refractivity contribution in [3.8, 4) is 12.1 Å². The lowest BCUT2D eigenvalue weighted by Gasteiger charge is -2.41. The van der Waals surface area contributed by atoms with E-state index in [1.54, 1.807) is 52.0 Å². The van der Waals surface area contributed by atoms with E-state index < -0.39 is 46.3 Å². The summed E-state index contributed by atoms with van der Waals surface area (Å²) in [4.78, 5) is 44.8. The zero-order chi connectivity index (χ0) is 28.5. The number of amides is 2. The highest BCUT2D eigenvalue weighted by Gasteiger charge is 2.84. The molecule has 0 unspecified atom stereocenters. The number of likely N-dealkylation sites (N-methyl/N-ethyl adjacent to an activating group) is 1. The molecule has 0 radical (unpaired) electrons. The monoisotopic (exact) mass is 561 g/mol. The van der Waals surface area contributed by atoms with Crippen LogP contribution in [0.25, 0.3) is 0 Å². The lowest BCUT2D eigenvalue weighted by Crippen LogP contribution is -2.65. The van der Waals surface area contributed by atoms with Crippen molar-refractivity contribution in [2.45, 2.75) is 44.2 Å². The molecule has 3 aliphatic rings. The van der Waals surface area contributed by atoms with Gasteiger partial charge in [-0.25, -0.2) is 0 Å². The van der Waals surface area contributed by atoms with Crippen LogP contribution in [0.15, 0.2) is 42.5 Å². The Hall–Kier alpha value is -3.99. The topological polar surface area (TPSA) is 127 Å². The third-order valence-corrected chi connectivity index (χ3v) is 8.15. The maximum absolute atomic E-state index is 14.9. The number of nitriles is 2. The van der Waals surface area contributed by atoms with Gasteiger partial charge < -0.3 is 15.0 Å². The van der Waals surface area contributed by atoms with Crippen LogP contribution in [0.1, 0.15) is 38.8 Å². The summed E-state index contributed by atoms with van der Waals surface area (Å²) in [5, 5.41) is 24.5. The normalized spacial score (nSPS) is 24.4. The Kier molecular flexibility index (Phi) is 5.80. The molecule has 2 amide bonds. The molecule has 1 fully saturated rings. The highest BCUT2D eigenvalue weighted by Crippen LogP contribution is 2.67. The van der Waals surface area contributed by atoms with Crippen LogP contribution in [0.3, 0.4) is 0 Å². The van der Waals surface area contributed by atoms with E-state index in [1.165, 1.54) is 23.1 Å². The summed E-state index contributed by atoms with van der Waals surface area (Å²) in [7, 11) is 0. The molecule has 0 saturated carbocycles. The van der Waals surface area contributed by atoms with E-state index in [9.17, 15) is 24.9 Å². The number of rotatable bonds is 3. The fourth-order valence-corrected chi connectivity index (χ4v) is 6.78. The second kappa shape index (κ2) is 8.51. The molecule has 3 aliphatic heterocycles. The molecule has 5 rings (SSSR count). The van der Waals surface area contributed by atoms with Crippen LogP contribution in [0.4, 0.5) is 11.4 Å². The van der Waals surface area contributed by atoms with Gasteiger partial charge >= 0.3 is 5.97 Å². The molecule has 9 nitrogen and oxygen atoms in total. The summed E-state index contributed by atoms with van der Waals surface area (Å²) in [5.74, 6) is -2.05. The van der Waals surface area contributed by atoms with Crippen LogP contribution in [-0.2, 0) is 30.1 Å². The summed E-state index contributed by atoms with van der Waals surface area (Å²) >= 11 is 12.1. The molecule has 11 heteroatoms. The van der Waals surface area contributed by atoms with E-state index in [0.717, 1.165) is 4.90 Å². The van der Waals surface area contributed by atoms with Gasteiger partial charge in [0.2, 0.25) is 11.3 Å². The third kappa shape index (κ3) is 3.10. The van der Waals surface area contributed by atoms with Crippen LogP contribution < -0.4 is 15.1 Å². The smallest absolute Gasteiger partial charge is 0.326 e. The van der Waals surface area contributed by atoms with Crippen molar-refractivity contribution in [1.82, 2.24) is 5.32 Å². The molecule has 3 heterocycles. The van der Waals surface area contributed by atoms with Crippen LogP contribution in [0, 0.1) is 28.1 Å². The Morgan fingerprint density at radius 2 is 1.69 bits per heavy atom. The highest BCUT2D eigenvalue weighted by molar-refractivity contribution is 7.80. The molecule has 0 aromatic heterocycles. The fraction of sp³-hybridized carbons (Fsp3) is 0.357. The lowest BCUT2D eigenvalue weighted by molar-refractivity contribution is -0.153. The van der Waals surface area contributed by atoms with E-state index in [4.69, 9.17) is 28.6 Å². The van der Waals surface area contributed by atoms with Gasteiger partial charge in [-0.3, -0.25) is 19.3 Å². The van der Waals surface area contributed by atoms with Gasteiger partial charge in [-0.1, -0.05) is 42.0 Å². The zero-order valence-corrected chi connectivity index (χ0v) is 23.2. The van der Waals surface area contributed by atoms with Gasteiger partial charge in [0.1, 0.15) is 17.1 Å². The Balaban J connectivity index is 1.89. The summed E-state index contributed by atoms with van der Waals surface area (Å²) in [5.41, 5.74) is -6.01. The number of esters is 1. The average Bonchev–Trinajstić information content (AvgIpc) is 3.36. The van der Waals surface area contributed by atoms with Gasteiger partial charge in [0, 0.05) is 28.5 Å². The van der Waals surface area contributed by atoms with Crippen molar-refractivity contribution in [1.29, 1.82) is 10.5 Å². The number of halogens is 1. The minimum absolute atomic E-state index is 0.153. The van der Waals surface area contributed by atoms with E-state index in [-0.39, 0.29) is 27.8 Å². The summed E-state index contributed by atoms with van der Waals surface area (Å²) in [6.07, 6.45) is 0. The Bertz CT molecular complexity index is 1560. The molecule has 1 N–H and O–H groups in total. The standard InChI is InChI=1S/C28H24ClN5O4S/c1-5-33-19-9-7-6-8-17(19)28(24(33)37)27(26(14-30,15-31)22(39)32-28)18-12-16(29)10-11-20(18)34(23(27)36)13-21(35)38-25(2,3)4/h6-12H,5,13H2,1-4H3,(H,32,39)/t27-,28+/m0/s1. The van der Waals surface area contributed by atoms with Crippen LogP contribution in [0.2, 0.25) is 5.02 Å². The summed E-state index contributed by atoms with van der Waals surface area (Å²) in [6, 6.07) is 15.4. The molecular formula is C28H24ClN5O4S. The second-order valence-electron chi connectivity index (χ2n) is 10.6.